The van der Waals surface area contributed by atoms with Crippen LogP contribution in [0.2, 0.25) is 0 Å². The predicted octanol–water partition coefficient (Wildman–Crippen LogP) is 24.3. The largest absolute Gasteiger partial charge is 0.462 e. The summed E-state index contributed by atoms with van der Waals surface area (Å²) < 4.78 is 16.9. The third-order valence-electron chi connectivity index (χ3n) is 15.0. The van der Waals surface area contributed by atoms with Gasteiger partial charge in [0.1, 0.15) is 13.2 Å². The van der Waals surface area contributed by atoms with E-state index in [0.29, 0.717) is 19.3 Å². The van der Waals surface area contributed by atoms with Crippen LogP contribution in [0.3, 0.4) is 0 Å². The van der Waals surface area contributed by atoms with Crippen molar-refractivity contribution in [2.75, 3.05) is 13.2 Å². The summed E-state index contributed by atoms with van der Waals surface area (Å²) in [5.41, 5.74) is 0. The van der Waals surface area contributed by atoms with Crippen LogP contribution in [-0.4, -0.2) is 37.2 Å². The van der Waals surface area contributed by atoms with Crippen molar-refractivity contribution in [3.63, 3.8) is 0 Å². The molecule has 474 valence electrons. The Balaban J connectivity index is 4.26. The highest BCUT2D eigenvalue weighted by molar-refractivity contribution is 5.71. The number of unbranched alkanes of at least 4 members (excludes halogenated alkanes) is 32. The summed E-state index contributed by atoms with van der Waals surface area (Å²) in [5.74, 6) is -0.898. The van der Waals surface area contributed by atoms with E-state index < -0.39 is 6.10 Å². The van der Waals surface area contributed by atoms with Crippen LogP contribution in [0.15, 0.2) is 122 Å². The van der Waals surface area contributed by atoms with E-state index in [1.807, 2.05) is 0 Å². The maximum Gasteiger partial charge on any atom is 0.306 e. The third-order valence-corrected chi connectivity index (χ3v) is 15.0. The quantitative estimate of drug-likeness (QED) is 0.0261. The molecule has 0 saturated heterocycles. The molecule has 1 unspecified atom stereocenters. The summed E-state index contributed by atoms with van der Waals surface area (Å²) in [6.07, 6.45) is 98.0. The molecule has 0 rings (SSSR count). The summed E-state index contributed by atoms with van der Waals surface area (Å²) in [6.45, 7) is 6.53. The lowest BCUT2D eigenvalue weighted by molar-refractivity contribution is -0.167. The summed E-state index contributed by atoms with van der Waals surface area (Å²) in [6, 6.07) is 0. The van der Waals surface area contributed by atoms with E-state index in [4.69, 9.17) is 14.2 Å². The Labute approximate surface area is 513 Å². The molecule has 0 amide bonds. The molecule has 0 radical (unpaired) electrons. The van der Waals surface area contributed by atoms with Gasteiger partial charge in [0.25, 0.3) is 0 Å². The number of rotatable bonds is 63. The minimum atomic E-state index is -0.788. The lowest BCUT2D eigenvalue weighted by atomic mass is 10.0. The molecule has 0 saturated carbocycles. The van der Waals surface area contributed by atoms with Crippen molar-refractivity contribution in [2.45, 2.75) is 335 Å². The number of ether oxygens (including phenoxy) is 3. The zero-order valence-electron chi connectivity index (χ0n) is 54.4. The molecule has 6 heteroatoms. The second-order valence-corrected chi connectivity index (χ2v) is 23.1. The minimum Gasteiger partial charge on any atom is -0.462 e. The molecule has 0 N–H and O–H groups in total. The van der Waals surface area contributed by atoms with Crippen molar-refractivity contribution in [3.8, 4) is 0 Å². The molecule has 6 nitrogen and oxygen atoms in total. The number of hydrogen-bond acceptors (Lipinski definition) is 6. The number of allylic oxidation sites excluding steroid dienone is 20. The van der Waals surface area contributed by atoms with Crippen LogP contribution in [0.5, 0.6) is 0 Å². The molecule has 0 bridgehead atoms. The fourth-order valence-corrected chi connectivity index (χ4v) is 9.77. The highest BCUT2D eigenvalue weighted by atomic mass is 16.6. The van der Waals surface area contributed by atoms with Crippen LogP contribution in [-0.2, 0) is 28.6 Å². The standard InChI is InChI=1S/C77H130O6/c1-4-7-10-13-16-19-22-24-26-28-30-32-33-34-35-36-37-38-39-40-41-42-43-44-45-46-48-49-51-53-55-58-61-64-67-70-76(79)82-73-74(72-81-75(78)69-66-63-60-57-21-18-15-12-9-6-3)83-77(80)71-68-65-62-59-56-54-52-50-47-31-29-27-25-23-20-17-14-11-8-5-2/h7,10,16,19,24,26,30,32,34-35,37-38,40-41,43-44,46,48,51,53,74H,4-6,8-9,11-15,17-18,20-23,25,27-29,31,33,36,39,42,45,47,49-50,52,54-73H2,1-3H3/b10-7-,19-16-,26-24-,32-30-,35-34-,38-37-,41-40-,44-43-,48-46-,53-51-. The fraction of sp³-hybridized carbons (Fsp3) is 0.701. The van der Waals surface area contributed by atoms with E-state index in [1.165, 1.54) is 154 Å². The molecule has 83 heavy (non-hydrogen) atoms. The second-order valence-electron chi connectivity index (χ2n) is 23.1. The normalized spacial score (nSPS) is 12.9. The molecule has 0 aliphatic rings. The first kappa shape index (κ1) is 78.8. The first-order chi connectivity index (χ1) is 41.0. The first-order valence-electron chi connectivity index (χ1n) is 35.0. The highest BCUT2D eigenvalue weighted by Crippen LogP contribution is 2.17. The topological polar surface area (TPSA) is 78.9 Å². The van der Waals surface area contributed by atoms with E-state index in [0.717, 1.165) is 135 Å². The molecule has 0 aliphatic heterocycles. The molecule has 0 aromatic rings. The summed E-state index contributed by atoms with van der Waals surface area (Å²) >= 11 is 0. The van der Waals surface area contributed by atoms with E-state index in [-0.39, 0.29) is 31.1 Å². The van der Waals surface area contributed by atoms with Crippen LogP contribution in [0, 0.1) is 0 Å². The Morgan fingerprint density at radius 3 is 0.735 bits per heavy atom. The summed E-state index contributed by atoms with van der Waals surface area (Å²) in [7, 11) is 0. The van der Waals surface area contributed by atoms with Gasteiger partial charge in [-0.25, -0.2) is 0 Å². The van der Waals surface area contributed by atoms with Gasteiger partial charge >= 0.3 is 17.9 Å². The Morgan fingerprint density at radius 2 is 0.470 bits per heavy atom. The van der Waals surface area contributed by atoms with Gasteiger partial charge in [0, 0.05) is 19.3 Å². The molecule has 0 spiro atoms. The Morgan fingerprint density at radius 1 is 0.253 bits per heavy atom. The zero-order valence-corrected chi connectivity index (χ0v) is 54.4. The maximum absolute atomic E-state index is 12.9. The van der Waals surface area contributed by atoms with Crippen LogP contribution in [0.25, 0.3) is 0 Å². The van der Waals surface area contributed by atoms with E-state index >= 15 is 0 Å². The number of esters is 3. The molecule has 0 aliphatic carbocycles. The van der Waals surface area contributed by atoms with Crippen LogP contribution >= 0.6 is 0 Å². The monoisotopic (exact) mass is 1150 g/mol. The van der Waals surface area contributed by atoms with Crippen molar-refractivity contribution in [1.82, 2.24) is 0 Å². The average Bonchev–Trinajstić information content (AvgIpc) is 3.49. The first-order valence-corrected chi connectivity index (χ1v) is 35.0. The van der Waals surface area contributed by atoms with Gasteiger partial charge in [0.15, 0.2) is 6.10 Å². The second kappa shape index (κ2) is 70.3. The maximum atomic E-state index is 12.9. The third kappa shape index (κ3) is 68.5. The fourth-order valence-electron chi connectivity index (χ4n) is 9.77. The SMILES string of the molecule is CC/C=C\C/C=C\C/C=C\C/C=C\C/C=C\C/C=C\C/C=C\C/C=C\C/C=C\C/C=C\CCCCCCC(=O)OCC(COC(=O)CCCCCCCCCCCC)OC(=O)CCCCCCCCCCCCCCCCCCCCCC. The minimum absolute atomic E-state index is 0.0830. The average molecular weight is 1150 g/mol. The van der Waals surface area contributed by atoms with Gasteiger partial charge in [-0.2, -0.15) is 0 Å². The van der Waals surface area contributed by atoms with Gasteiger partial charge in [-0.05, 0) is 96.3 Å². The molecule has 0 aromatic heterocycles. The van der Waals surface area contributed by atoms with Crippen molar-refractivity contribution >= 4 is 17.9 Å². The van der Waals surface area contributed by atoms with Gasteiger partial charge in [-0.3, -0.25) is 14.4 Å². The summed E-state index contributed by atoms with van der Waals surface area (Å²) in [5, 5.41) is 0. The van der Waals surface area contributed by atoms with Gasteiger partial charge < -0.3 is 14.2 Å². The van der Waals surface area contributed by atoms with Crippen molar-refractivity contribution < 1.29 is 28.6 Å². The Bertz CT molecular complexity index is 1700. The van der Waals surface area contributed by atoms with Crippen molar-refractivity contribution in [3.05, 3.63) is 122 Å². The Hall–Kier alpha value is -4.19. The molecule has 1 atom stereocenters. The molecular formula is C77H130O6. The van der Waals surface area contributed by atoms with Gasteiger partial charge in [0.2, 0.25) is 0 Å². The lowest BCUT2D eigenvalue weighted by Crippen LogP contribution is -2.30. The van der Waals surface area contributed by atoms with Crippen molar-refractivity contribution in [1.29, 1.82) is 0 Å². The molecular weight excluding hydrogens is 1020 g/mol. The lowest BCUT2D eigenvalue weighted by Gasteiger charge is -2.18. The number of carbonyl (C=O) groups is 3. The van der Waals surface area contributed by atoms with Crippen molar-refractivity contribution in [2.24, 2.45) is 0 Å². The zero-order chi connectivity index (χ0) is 59.9. The highest BCUT2D eigenvalue weighted by Gasteiger charge is 2.19. The molecule has 0 fully saturated rings. The Kier molecular flexibility index (Phi) is 66.7. The van der Waals surface area contributed by atoms with Crippen LogP contribution < -0.4 is 0 Å². The van der Waals surface area contributed by atoms with Crippen LogP contribution in [0.1, 0.15) is 329 Å². The number of hydrogen-bond donors (Lipinski definition) is 0. The van der Waals surface area contributed by atoms with Gasteiger partial charge in [0.05, 0.1) is 0 Å². The van der Waals surface area contributed by atoms with Crippen LogP contribution in [0.4, 0.5) is 0 Å². The molecule has 0 heterocycles. The molecule has 0 aromatic carbocycles. The number of carbonyl (C=O) groups excluding carboxylic acids is 3. The van der Waals surface area contributed by atoms with E-state index in [2.05, 4.69) is 142 Å². The van der Waals surface area contributed by atoms with Gasteiger partial charge in [-0.15, -0.1) is 0 Å². The van der Waals surface area contributed by atoms with Gasteiger partial charge in [-0.1, -0.05) is 335 Å². The van der Waals surface area contributed by atoms with E-state index in [1.54, 1.807) is 0 Å². The smallest absolute Gasteiger partial charge is 0.306 e. The summed E-state index contributed by atoms with van der Waals surface area (Å²) in [4.78, 5) is 38.3. The predicted molar refractivity (Wildman–Crippen MR) is 362 cm³/mol. The van der Waals surface area contributed by atoms with E-state index in [9.17, 15) is 14.4 Å².